The first-order chi connectivity index (χ1) is 15.0. The molecular weight excluding hydrogens is 430 g/mol. The highest BCUT2D eigenvalue weighted by atomic mass is 35.5. The first-order valence-corrected chi connectivity index (χ1v) is 11.6. The summed E-state index contributed by atoms with van der Waals surface area (Å²) in [5.41, 5.74) is 5.52. The lowest BCUT2D eigenvalue weighted by atomic mass is 9.99. The Balaban J connectivity index is 1.41. The Morgan fingerprint density at radius 3 is 2.71 bits per heavy atom. The first-order valence-electron chi connectivity index (χ1n) is 10.4. The van der Waals surface area contributed by atoms with Crippen molar-refractivity contribution >= 4 is 34.8 Å². The van der Waals surface area contributed by atoms with Gasteiger partial charge >= 0.3 is 0 Å². The number of piperidine rings is 1. The standard InChI is InChI=1S/C24H24ClN3O2S/c1-16-22(31-15-27-16)18-10-8-17(9-11-18)14-26-23(29)21-7-2-3-12-28(21)24(30)19-5-4-6-20(25)13-19/h4-6,8-11,13,15,21H,2-3,7,12,14H2,1H3,(H,26,29). The van der Waals surface area contributed by atoms with Gasteiger partial charge in [0.05, 0.1) is 16.1 Å². The van der Waals surface area contributed by atoms with Gasteiger partial charge in [-0.3, -0.25) is 9.59 Å². The zero-order valence-electron chi connectivity index (χ0n) is 17.3. The average Bonchev–Trinajstić information content (AvgIpc) is 3.23. The molecule has 1 N–H and O–H groups in total. The van der Waals surface area contributed by atoms with Gasteiger partial charge in [-0.15, -0.1) is 11.3 Å². The Morgan fingerprint density at radius 1 is 1.19 bits per heavy atom. The molecule has 4 rings (SSSR count). The van der Waals surface area contributed by atoms with Gasteiger partial charge in [0.1, 0.15) is 6.04 Å². The summed E-state index contributed by atoms with van der Waals surface area (Å²) >= 11 is 7.66. The van der Waals surface area contributed by atoms with E-state index in [1.165, 1.54) is 0 Å². The van der Waals surface area contributed by atoms with Gasteiger partial charge in [0.2, 0.25) is 5.91 Å². The number of benzene rings is 2. The lowest BCUT2D eigenvalue weighted by molar-refractivity contribution is -0.126. The molecule has 0 spiro atoms. The highest BCUT2D eigenvalue weighted by Crippen LogP contribution is 2.27. The molecular formula is C24H24ClN3O2S. The monoisotopic (exact) mass is 453 g/mol. The lowest BCUT2D eigenvalue weighted by Gasteiger charge is -2.34. The predicted octanol–water partition coefficient (Wildman–Crippen LogP) is 5.08. The van der Waals surface area contributed by atoms with Crippen LogP contribution in [-0.4, -0.2) is 34.3 Å². The second-order valence-electron chi connectivity index (χ2n) is 7.70. The summed E-state index contributed by atoms with van der Waals surface area (Å²) in [7, 11) is 0. The number of nitrogens with one attached hydrogen (secondary N) is 1. The van der Waals surface area contributed by atoms with E-state index in [2.05, 4.69) is 22.4 Å². The number of carbonyl (C=O) groups excluding carboxylic acids is 2. The Bertz CT molecular complexity index is 1080. The zero-order valence-corrected chi connectivity index (χ0v) is 18.9. The van der Waals surface area contributed by atoms with Gasteiger partial charge in [0.25, 0.3) is 5.91 Å². The SMILES string of the molecule is Cc1ncsc1-c1ccc(CNC(=O)C2CCCCN2C(=O)c2cccc(Cl)c2)cc1. The molecule has 1 atom stereocenters. The molecule has 3 aromatic rings. The molecule has 2 amide bonds. The van der Waals surface area contributed by atoms with Gasteiger partial charge in [-0.1, -0.05) is 41.9 Å². The normalized spacial score (nSPS) is 16.2. The van der Waals surface area contributed by atoms with Crippen molar-refractivity contribution in [3.8, 4) is 10.4 Å². The number of amides is 2. The molecule has 2 heterocycles. The molecule has 0 aliphatic carbocycles. The van der Waals surface area contributed by atoms with E-state index in [1.54, 1.807) is 40.5 Å². The largest absolute Gasteiger partial charge is 0.350 e. The van der Waals surface area contributed by atoms with Crippen molar-refractivity contribution < 1.29 is 9.59 Å². The summed E-state index contributed by atoms with van der Waals surface area (Å²) in [5, 5.41) is 3.53. The molecule has 1 saturated heterocycles. The van der Waals surface area contributed by atoms with Crippen LogP contribution in [0.2, 0.25) is 5.02 Å². The summed E-state index contributed by atoms with van der Waals surface area (Å²) in [4.78, 5) is 33.1. The Morgan fingerprint density at radius 2 is 2.00 bits per heavy atom. The smallest absolute Gasteiger partial charge is 0.254 e. The van der Waals surface area contributed by atoms with Crippen LogP contribution in [-0.2, 0) is 11.3 Å². The van der Waals surface area contributed by atoms with Crippen LogP contribution in [0.25, 0.3) is 10.4 Å². The first kappa shape index (κ1) is 21.5. The molecule has 1 aliphatic rings. The number of thiazole rings is 1. The summed E-state index contributed by atoms with van der Waals surface area (Å²) in [6.45, 7) is 3.00. The van der Waals surface area contributed by atoms with E-state index < -0.39 is 6.04 Å². The van der Waals surface area contributed by atoms with Gasteiger partial charge in [-0.05, 0) is 55.5 Å². The van der Waals surface area contributed by atoms with E-state index >= 15 is 0 Å². The minimum atomic E-state index is -0.459. The minimum absolute atomic E-state index is 0.113. The molecule has 1 aliphatic heterocycles. The lowest BCUT2D eigenvalue weighted by Crippen LogP contribution is -2.51. The number of nitrogens with zero attached hydrogens (tertiary/aromatic N) is 2. The molecule has 2 aromatic carbocycles. The van der Waals surface area contributed by atoms with Gasteiger partial charge in [0.15, 0.2) is 0 Å². The van der Waals surface area contributed by atoms with Crippen molar-refractivity contribution in [1.82, 2.24) is 15.2 Å². The van der Waals surface area contributed by atoms with Crippen molar-refractivity contribution in [3.05, 3.63) is 75.9 Å². The molecule has 0 saturated carbocycles. The number of halogens is 1. The Hall–Kier alpha value is -2.70. The summed E-state index contributed by atoms with van der Waals surface area (Å²) < 4.78 is 0. The molecule has 7 heteroatoms. The van der Waals surface area contributed by atoms with Crippen molar-refractivity contribution in [2.75, 3.05) is 6.54 Å². The van der Waals surface area contributed by atoms with Gasteiger partial charge in [0, 0.05) is 23.7 Å². The van der Waals surface area contributed by atoms with Crippen LogP contribution in [0.5, 0.6) is 0 Å². The van der Waals surface area contributed by atoms with Crippen LogP contribution < -0.4 is 5.32 Å². The fraction of sp³-hybridized carbons (Fsp3) is 0.292. The van der Waals surface area contributed by atoms with E-state index in [0.717, 1.165) is 34.5 Å². The number of hydrogen-bond donors (Lipinski definition) is 1. The molecule has 0 radical (unpaired) electrons. The maximum absolute atomic E-state index is 13.0. The third kappa shape index (κ3) is 4.97. The second-order valence-corrected chi connectivity index (χ2v) is 8.99. The second kappa shape index (κ2) is 9.62. The molecule has 5 nitrogen and oxygen atoms in total. The van der Waals surface area contributed by atoms with Crippen molar-refractivity contribution in [3.63, 3.8) is 0 Å². The van der Waals surface area contributed by atoms with E-state index in [-0.39, 0.29) is 11.8 Å². The quantitative estimate of drug-likeness (QED) is 0.585. The number of hydrogen-bond acceptors (Lipinski definition) is 4. The fourth-order valence-electron chi connectivity index (χ4n) is 3.89. The van der Waals surface area contributed by atoms with Gasteiger partial charge in [-0.2, -0.15) is 0 Å². The number of likely N-dealkylation sites (tertiary alicyclic amines) is 1. The molecule has 1 fully saturated rings. The van der Waals surface area contributed by atoms with Gasteiger partial charge < -0.3 is 10.2 Å². The Kier molecular flexibility index (Phi) is 6.68. The molecule has 1 aromatic heterocycles. The fourth-order valence-corrected chi connectivity index (χ4v) is 4.90. The third-order valence-electron chi connectivity index (χ3n) is 5.57. The minimum Gasteiger partial charge on any atom is -0.350 e. The number of aromatic nitrogens is 1. The van der Waals surface area contributed by atoms with Crippen LogP contribution in [0.3, 0.4) is 0 Å². The van der Waals surface area contributed by atoms with Crippen LogP contribution in [0.15, 0.2) is 54.0 Å². The summed E-state index contributed by atoms with van der Waals surface area (Å²) in [6, 6.07) is 14.6. The van der Waals surface area contributed by atoms with E-state index in [4.69, 9.17) is 11.6 Å². The highest BCUT2D eigenvalue weighted by Gasteiger charge is 2.32. The number of carbonyl (C=O) groups is 2. The maximum Gasteiger partial charge on any atom is 0.254 e. The number of rotatable bonds is 5. The summed E-state index contributed by atoms with van der Waals surface area (Å²) in [6.07, 6.45) is 2.50. The van der Waals surface area contributed by atoms with E-state index in [1.807, 2.05) is 24.6 Å². The molecule has 1 unspecified atom stereocenters. The van der Waals surface area contributed by atoms with E-state index in [0.29, 0.717) is 30.1 Å². The maximum atomic E-state index is 13.0. The average molecular weight is 454 g/mol. The van der Waals surface area contributed by atoms with Crippen molar-refractivity contribution in [1.29, 1.82) is 0 Å². The van der Waals surface area contributed by atoms with Crippen LogP contribution >= 0.6 is 22.9 Å². The Labute approximate surface area is 191 Å². The zero-order chi connectivity index (χ0) is 21.8. The molecule has 31 heavy (non-hydrogen) atoms. The van der Waals surface area contributed by atoms with E-state index in [9.17, 15) is 9.59 Å². The predicted molar refractivity (Wildman–Crippen MR) is 124 cm³/mol. The topological polar surface area (TPSA) is 62.3 Å². The highest BCUT2D eigenvalue weighted by molar-refractivity contribution is 7.13. The van der Waals surface area contributed by atoms with Crippen LogP contribution in [0.4, 0.5) is 0 Å². The van der Waals surface area contributed by atoms with Crippen LogP contribution in [0, 0.1) is 6.92 Å². The molecule has 0 bridgehead atoms. The number of aryl methyl sites for hydroxylation is 1. The van der Waals surface area contributed by atoms with Crippen molar-refractivity contribution in [2.24, 2.45) is 0 Å². The molecule has 160 valence electrons. The van der Waals surface area contributed by atoms with Crippen molar-refractivity contribution in [2.45, 2.75) is 38.8 Å². The van der Waals surface area contributed by atoms with Gasteiger partial charge in [-0.25, -0.2) is 4.98 Å². The third-order valence-corrected chi connectivity index (χ3v) is 6.78. The summed E-state index contributed by atoms with van der Waals surface area (Å²) in [5.74, 6) is -0.260. The van der Waals surface area contributed by atoms with Crippen LogP contribution in [0.1, 0.15) is 40.9 Å².